The topological polar surface area (TPSA) is 53.4 Å². The lowest BCUT2D eigenvalue weighted by Crippen LogP contribution is -2.07. The summed E-state index contributed by atoms with van der Waals surface area (Å²) in [4.78, 5) is 4.16. The standard InChI is InChI=1S/C10H14ClNO2/c1-5-8(4-13)10(7(3)14)12-6(2)9(5)11/h7,13-14H,4H2,1-3H3. The van der Waals surface area contributed by atoms with Gasteiger partial charge in [0.1, 0.15) is 0 Å². The van der Waals surface area contributed by atoms with E-state index in [9.17, 15) is 5.11 Å². The zero-order chi connectivity index (χ0) is 10.9. The summed E-state index contributed by atoms with van der Waals surface area (Å²) in [5.41, 5.74) is 2.59. The molecular weight excluding hydrogens is 202 g/mol. The molecule has 0 amide bonds. The summed E-state index contributed by atoms with van der Waals surface area (Å²) in [6, 6.07) is 0. The van der Waals surface area contributed by atoms with E-state index in [4.69, 9.17) is 16.7 Å². The highest BCUT2D eigenvalue weighted by Gasteiger charge is 2.15. The number of halogens is 1. The summed E-state index contributed by atoms with van der Waals surface area (Å²) < 4.78 is 0. The summed E-state index contributed by atoms with van der Waals surface area (Å²) in [6.07, 6.45) is -0.688. The third-order valence-corrected chi connectivity index (χ3v) is 2.81. The molecule has 0 spiro atoms. The van der Waals surface area contributed by atoms with Gasteiger partial charge in [0.05, 0.1) is 29.1 Å². The molecule has 0 radical (unpaired) electrons. The van der Waals surface area contributed by atoms with Crippen molar-refractivity contribution in [3.05, 3.63) is 27.5 Å². The van der Waals surface area contributed by atoms with Crippen LogP contribution in [-0.4, -0.2) is 15.2 Å². The van der Waals surface area contributed by atoms with Crippen LogP contribution in [0, 0.1) is 13.8 Å². The molecule has 0 aliphatic heterocycles. The number of aryl methyl sites for hydroxylation is 1. The molecule has 3 nitrogen and oxygen atoms in total. The van der Waals surface area contributed by atoms with Gasteiger partial charge < -0.3 is 10.2 Å². The molecule has 1 rings (SSSR count). The summed E-state index contributed by atoms with van der Waals surface area (Å²) in [5, 5.41) is 19.2. The van der Waals surface area contributed by atoms with Crippen LogP contribution in [0.25, 0.3) is 0 Å². The molecule has 0 aliphatic carbocycles. The molecule has 1 aromatic rings. The Hall–Kier alpha value is -0.640. The average Bonchev–Trinajstić information content (AvgIpc) is 2.13. The fourth-order valence-electron chi connectivity index (χ4n) is 1.44. The minimum absolute atomic E-state index is 0.154. The van der Waals surface area contributed by atoms with Crippen LogP contribution in [0.2, 0.25) is 5.02 Å². The lowest BCUT2D eigenvalue weighted by atomic mass is 10.0. The largest absolute Gasteiger partial charge is 0.392 e. The maximum Gasteiger partial charge on any atom is 0.0935 e. The van der Waals surface area contributed by atoms with Gasteiger partial charge in [0.25, 0.3) is 0 Å². The van der Waals surface area contributed by atoms with Crippen molar-refractivity contribution in [2.45, 2.75) is 33.5 Å². The Bertz CT molecular complexity index is 350. The van der Waals surface area contributed by atoms with Gasteiger partial charge in [-0.25, -0.2) is 0 Å². The summed E-state index contributed by atoms with van der Waals surface area (Å²) in [7, 11) is 0. The van der Waals surface area contributed by atoms with E-state index in [1.54, 1.807) is 13.8 Å². The number of aromatic nitrogens is 1. The maximum absolute atomic E-state index is 9.46. The summed E-state index contributed by atoms with van der Waals surface area (Å²) in [5.74, 6) is 0. The number of pyridine rings is 1. The van der Waals surface area contributed by atoms with E-state index >= 15 is 0 Å². The van der Waals surface area contributed by atoms with Crippen molar-refractivity contribution in [2.24, 2.45) is 0 Å². The normalized spacial score (nSPS) is 13.0. The van der Waals surface area contributed by atoms with Crippen LogP contribution in [-0.2, 0) is 6.61 Å². The zero-order valence-electron chi connectivity index (χ0n) is 8.50. The maximum atomic E-state index is 9.46. The molecule has 14 heavy (non-hydrogen) atoms. The molecule has 0 bridgehead atoms. The van der Waals surface area contributed by atoms with Crippen molar-refractivity contribution >= 4 is 11.6 Å². The molecule has 0 aliphatic rings. The fourth-order valence-corrected chi connectivity index (χ4v) is 1.59. The first-order chi connectivity index (χ1) is 6.49. The second-order valence-corrected chi connectivity index (χ2v) is 3.71. The quantitative estimate of drug-likeness (QED) is 0.792. The molecule has 0 saturated carbocycles. The van der Waals surface area contributed by atoms with E-state index in [0.29, 0.717) is 22.0 Å². The number of nitrogens with zero attached hydrogens (tertiary/aromatic N) is 1. The predicted octanol–water partition coefficient (Wildman–Crippen LogP) is 1.90. The first-order valence-corrected chi connectivity index (χ1v) is 4.81. The highest BCUT2D eigenvalue weighted by molar-refractivity contribution is 6.32. The number of aliphatic hydroxyl groups is 2. The van der Waals surface area contributed by atoms with Gasteiger partial charge in [0, 0.05) is 5.56 Å². The third-order valence-electron chi connectivity index (χ3n) is 2.25. The van der Waals surface area contributed by atoms with E-state index in [-0.39, 0.29) is 6.61 Å². The fraction of sp³-hybridized carbons (Fsp3) is 0.500. The molecular formula is C10H14ClNO2. The van der Waals surface area contributed by atoms with Gasteiger partial charge in [-0.15, -0.1) is 0 Å². The Morgan fingerprint density at radius 3 is 2.43 bits per heavy atom. The average molecular weight is 216 g/mol. The van der Waals surface area contributed by atoms with E-state index in [1.807, 2.05) is 6.92 Å². The van der Waals surface area contributed by atoms with Crippen LogP contribution in [0.4, 0.5) is 0 Å². The molecule has 0 aromatic carbocycles. The van der Waals surface area contributed by atoms with Crippen LogP contribution in [0.1, 0.15) is 35.5 Å². The zero-order valence-corrected chi connectivity index (χ0v) is 9.26. The van der Waals surface area contributed by atoms with Gasteiger partial charge in [0.15, 0.2) is 0 Å². The predicted molar refractivity (Wildman–Crippen MR) is 55.3 cm³/mol. The van der Waals surface area contributed by atoms with E-state index < -0.39 is 6.10 Å². The second kappa shape index (κ2) is 4.26. The van der Waals surface area contributed by atoms with Crippen LogP contribution in [0.5, 0.6) is 0 Å². The third kappa shape index (κ3) is 1.90. The Morgan fingerprint density at radius 1 is 1.43 bits per heavy atom. The Morgan fingerprint density at radius 2 is 2.00 bits per heavy atom. The minimum Gasteiger partial charge on any atom is -0.392 e. The molecule has 78 valence electrons. The van der Waals surface area contributed by atoms with E-state index in [0.717, 1.165) is 5.56 Å². The van der Waals surface area contributed by atoms with Crippen LogP contribution in [0.15, 0.2) is 0 Å². The van der Waals surface area contributed by atoms with Crippen molar-refractivity contribution < 1.29 is 10.2 Å². The van der Waals surface area contributed by atoms with Gasteiger partial charge in [-0.1, -0.05) is 11.6 Å². The molecule has 1 heterocycles. The van der Waals surface area contributed by atoms with Crippen molar-refractivity contribution in [1.82, 2.24) is 4.98 Å². The first kappa shape index (κ1) is 11.4. The van der Waals surface area contributed by atoms with E-state index in [1.165, 1.54) is 0 Å². The van der Waals surface area contributed by atoms with Crippen molar-refractivity contribution in [2.75, 3.05) is 0 Å². The van der Waals surface area contributed by atoms with Crippen molar-refractivity contribution in [1.29, 1.82) is 0 Å². The Labute approximate surface area is 88.4 Å². The van der Waals surface area contributed by atoms with Crippen LogP contribution < -0.4 is 0 Å². The number of rotatable bonds is 2. The highest BCUT2D eigenvalue weighted by Crippen LogP contribution is 2.27. The lowest BCUT2D eigenvalue weighted by molar-refractivity contribution is 0.187. The lowest BCUT2D eigenvalue weighted by Gasteiger charge is -2.14. The smallest absolute Gasteiger partial charge is 0.0935 e. The molecule has 1 unspecified atom stereocenters. The van der Waals surface area contributed by atoms with Gasteiger partial charge in [-0.2, -0.15) is 0 Å². The number of hydrogen-bond acceptors (Lipinski definition) is 3. The van der Waals surface area contributed by atoms with E-state index in [2.05, 4.69) is 4.98 Å². The summed E-state index contributed by atoms with van der Waals surface area (Å²) >= 11 is 5.98. The molecule has 4 heteroatoms. The SMILES string of the molecule is Cc1nc(C(C)O)c(CO)c(C)c1Cl. The molecule has 0 fully saturated rings. The molecule has 0 saturated heterocycles. The molecule has 2 N–H and O–H groups in total. The Kier molecular flexibility index (Phi) is 3.48. The highest BCUT2D eigenvalue weighted by atomic mass is 35.5. The Balaban J connectivity index is 3.43. The van der Waals surface area contributed by atoms with Gasteiger partial charge in [-0.05, 0) is 26.3 Å². The summed E-state index contributed by atoms with van der Waals surface area (Å²) in [6.45, 7) is 5.06. The monoisotopic (exact) mass is 215 g/mol. The van der Waals surface area contributed by atoms with Crippen molar-refractivity contribution in [3.63, 3.8) is 0 Å². The van der Waals surface area contributed by atoms with Crippen LogP contribution >= 0.6 is 11.6 Å². The number of aliphatic hydroxyl groups excluding tert-OH is 2. The van der Waals surface area contributed by atoms with Gasteiger partial charge in [0.2, 0.25) is 0 Å². The number of hydrogen-bond donors (Lipinski definition) is 2. The first-order valence-electron chi connectivity index (χ1n) is 4.43. The minimum atomic E-state index is -0.688. The second-order valence-electron chi connectivity index (χ2n) is 3.33. The van der Waals surface area contributed by atoms with Gasteiger partial charge >= 0.3 is 0 Å². The molecule has 1 aromatic heterocycles. The van der Waals surface area contributed by atoms with Crippen LogP contribution in [0.3, 0.4) is 0 Å². The van der Waals surface area contributed by atoms with Gasteiger partial charge in [-0.3, -0.25) is 4.98 Å². The van der Waals surface area contributed by atoms with Crippen molar-refractivity contribution in [3.8, 4) is 0 Å². The molecule has 1 atom stereocenters.